The van der Waals surface area contributed by atoms with Gasteiger partial charge in [-0.1, -0.05) is 47.5 Å². The van der Waals surface area contributed by atoms with Gasteiger partial charge in [-0.15, -0.1) is 0 Å². The third-order valence-corrected chi connectivity index (χ3v) is 8.36. The molecule has 1 spiro atoms. The Morgan fingerprint density at radius 1 is 1.18 bits per heavy atom. The molecule has 1 N–H and O–H groups in total. The van der Waals surface area contributed by atoms with E-state index in [0.29, 0.717) is 56.0 Å². The minimum Gasteiger partial charge on any atom is -0.490 e. The first-order valence-corrected chi connectivity index (χ1v) is 13.5. The highest BCUT2D eigenvalue weighted by atomic mass is 79.9. The van der Waals surface area contributed by atoms with Gasteiger partial charge in [0, 0.05) is 38.3 Å². The Labute approximate surface area is 238 Å². The summed E-state index contributed by atoms with van der Waals surface area (Å²) in [6, 6.07) is 14.6. The molecule has 2 heterocycles. The molecule has 1 fully saturated rings. The maximum absolute atomic E-state index is 13.4. The molecular formula is C27H24BrCl2N3O5. The molecule has 3 aromatic carbocycles. The van der Waals surface area contributed by atoms with Crippen LogP contribution in [0, 0.1) is 10.1 Å². The fourth-order valence-electron chi connectivity index (χ4n) is 5.57. The number of hydrogen-bond donors (Lipinski definition) is 1. The molecule has 0 bridgehead atoms. The second-order valence-electron chi connectivity index (χ2n) is 9.27. The number of benzene rings is 3. The molecular weight excluding hydrogens is 597 g/mol. The predicted molar refractivity (Wildman–Crippen MR) is 149 cm³/mol. The summed E-state index contributed by atoms with van der Waals surface area (Å²) in [6.45, 7) is 2.67. The van der Waals surface area contributed by atoms with Crippen molar-refractivity contribution >= 4 is 50.7 Å². The van der Waals surface area contributed by atoms with Crippen LogP contribution in [0.5, 0.6) is 11.5 Å². The monoisotopic (exact) mass is 619 g/mol. The van der Waals surface area contributed by atoms with Gasteiger partial charge < -0.3 is 14.8 Å². The van der Waals surface area contributed by atoms with Crippen molar-refractivity contribution in [1.29, 1.82) is 0 Å². The van der Waals surface area contributed by atoms with E-state index in [1.807, 2.05) is 6.92 Å². The van der Waals surface area contributed by atoms with E-state index >= 15 is 0 Å². The Morgan fingerprint density at radius 2 is 1.95 bits per heavy atom. The molecule has 198 valence electrons. The average molecular weight is 621 g/mol. The number of nitrogens with zero attached hydrogens (tertiary/aromatic N) is 2. The molecule has 0 aromatic heterocycles. The largest absolute Gasteiger partial charge is 0.490 e. The molecule has 0 aliphatic carbocycles. The number of ether oxygens (including phenoxy) is 2. The molecule has 2 aliphatic heterocycles. The lowest BCUT2D eigenvalue weighted by atomic mass is 9.79. The molecule has 1 saturated heterocycles. The van der Waals surface area contributed by atoms with E-state index < -0.39 is 23.4 Å². The van der Waals surface area contributed by atoms with E-state index in [4.69, 9.17) is 32.7 Å². The van der Waals surface area contributed by atoms with Gasteiger partial charge in [-0.25, -0.2) is 0 Å². The van der Waals surface area contributed by atoms with Crippen LogP contribution in [0.1, 0.15) is 29.5 Å². The van der Waals surface area contributed by atoms with Gasteiger partial charge >= 0.3 is 0 Å². The standard InChI is InChI=1S/C27H24BrCl2N3O5/c1-3-37-23-11-16(10-20(28)24(23)38-14-15-8-9-17(29)12-21(15)30)18-13-32(2)27(25(18)33(35)36)19-6-4-5-7-22(19)31-26(27)34/h4-12,18,25H,3,13-14H2,1-2H3,(H,31,34)/t18-,25+,27+/m0/s1. The van der Waals surface area contributed by atoms with Crippen LogP contribution < -0.4 is 14.8 Å². The van der Waals surface area contributed by atoms with Gasteiger partial charge in [0.05, 0.1) is 17.0 Å². The van der Waals surface area contributed by atoms with Gasteiger partial charge in [-0.2, -0.15) is 0 Å². The number of rotatable bonds is 7. The minimum atomic E-state index is -1.43. The molecule has 8 nitrogen and oxygen atoms in total. The van der Waals surface area contributed by atoms with Crippen LogP contribution in [0.25, 0.3) is 0 Å². The van der Waals surface area contributed by atoms with Crippen molar-refractivity contribution in [3.8, 4) is 11.5 Å². The zero-order valence-corrected chi connectivity index (χ0v) is 23.6. The SMILES string of the molecule is CCOc1cc([C@@H]2CN(C)[C@@]3(C(=O)Nc4ccccc43)[C@@H]2[N+](=O)[O-])cc(Br)c1OCc1ccc(Cl)cc1Cl. The summed E-state index contributed by atoms with van der Waals surface area (Å²) >= 11 is 15.9. The van der Waals surface area contributed by atoms with Crippen molar-refractivity contribution in [1.82, 2.24) is 4.90 Å². The molecule has 0 unspecified atom stereocenters. The first kappa shape index (κ1) is 26.7. The molecule has 5 rings (SSSR count). The number of halogens is 3. The Bertz CT molecular complexity index is 1440. The van der Waals surface area contributed by atoms with Crippen molar-refractivity contribution < 1.29 is 19.2 Å². The van der Waals surface area contributed by atoms with E-state index in [-0.39, 0.29) is 11.5 Å². The highest BCUT2D eigenvalue weighted by molar-refractivity contribution is 9.10. The van der Waals surface area contributed by atoms with Crippen LogP contribution >= 0.6 is 39.1 Å². The number of anilines is 1. The van der Waals surface area contributed by atoms with E-state index in [1.54, 1.807) is 66.5 Å². The topological polar surface area (TPSA) is 93.9 Å². The lowest BCUT2D eigenvalue weighted by Crippen LogP contribution is -2.54. The Morgan fingerprint density at radius 3 is 2.66 bits per heavy atom. The van der Waals surface area contributed by atoms with Gasteiger partial charge in [0.25, 0.3) is 11.9 Å². The van der Waals surface area contributed by atoms with E-state index in [1.165, 1.54) is 0 Å². The maximum Gasteiger partial charge on any atom is 0.256 e. The van der Waals surface area contributed by atoms with Crippen LogP contribution in [-0.2, 0) is 16.9 Å². The second kappa shape index (κ2) is 10.4. The summed E-state index contributed by atoms with van der Waals surface area (Å²) in [4.78, 5) is 27.5. The fraction of sp³-hybridized carbons (Fsp3) is 0.296. The van der Waals surface area contributed by atoms with Crippen LogP contribution in [-0.4, -0.2) is 42.0 Å². The second-order valence-corrected chi connectivity index (χ2v) is 11.0. The number of carbonyl (C=O) groups excluding carboxylic acids is 1. The third kappa shape index (κ3) is 4.31. The summed E-state index contributed by atoms with van der Waals surface area (Å²) in [6.07, 6.45) is 0. The van der Waals surface area contributed by atoms with Gasteiger partial charge in [-0.05, 0) is 65.8 Å². The number of hydrogen-bond acceptors (Lipinski definition) is 6. The Balaban J connectivity index is 1.54. The number of para-hydroxylation sites is 1. The highest BCUT2D eigenvalue weighted by Gasteiger charge is 2.68. The molecule has 2 aliphatic rings. The summed E-state index contributed by atoms with van der Waals surface area (Å²) in [7, 11) is 1.75. The van der Waals surface area contributed by atoms with E-state index in [9.17, 15) is 14.9 Å². The average Bonchev–Trinajstić information content (AvgIpc) is 3.34. The normalized spacial score (nSPS) is 22.4. The van der Waals surface area contributed by atoms with Gasteiger partial charge in [0.2, 0.25) is 0 Å². The van der Waals surface area contributed by atoms with Gasteiger partial charge in [0.15, 0.2) is 17.0 Å². The van der Waals surface area contributed by atoms with Crippen LogP contribution in [0.2, 0.25) is 10.0 Å². The molecule has 0 saturated carbocycles. The van der Waals surface area contributed by atoms with Crippen LogP contribution in [0.4, 0.5) is 5.69 Å². The first-order chi connectivity index (χ1) is 18.2. The Hall–Kier alpha value is -2.85. The quantitative estimate of drug-likeness (QED) is 0.248. The number of carbonyl (C=O) groups is 1. The number of likely N-dealkylation sites (tertiary alicyclic amines) is 1. The summed E-state index contributed by atoms with van der Waals surface area (Å²) in [5.41, 5.74) is 1.19. The van der Waals surface area contributed by atoms with Crippen LogP contribution in [0.3, 0.4) is 0 Å². The number of fused-ring (bicyclic) bond motifs is 2. The number of nitrogens with one attached hydrogen (secondary N) is 1. The molecule has 0 radical (unpaired) electrons. The summed E-state index contributed by atoms with van der Waals surface area (Å²) < 4.78 is 12.6. The van der Waals surface area contributed by atoms with E-state index in [2.05, 4.69) is 21.2 Å². The van der Waals surface area contributed by atoms with Crippen molar-refractivity contribution in [2.75, 3.05) is 25.5 Å². The minimum absolute atomic E-state index is 0.164. The van der Waals surface area contributed by atoms with Crippen molar-refractivity contribution in [2.45, 2.75) is 31.0 Å². The number of nitro groups is 1. The lowest BCUT2D eigenvalue weighted by Gasteiger charge is -2.30. The maximum atomic E-state index is 13.4. The summed E-state index contributed by atoms with van der Waals surface area (Å²) in [5.74, 6) is -0.107. The van der Waals surface area contributed by atoms with Gasteiger partial charge in [0.1, 0.15) is 6.61 Å². The van der Waals surface area contributed by atoms with Crippen LogP contribution in [0.15, 0.2) is 59.1 Å². The summed E-state index contributed by atoms with van der Waals surface area (Å²) in [5, 5.41) is 16.5. The Kier molecular flexibility index (Phi) is 7.30. The van der Waals surface area contributed by atoms with Gasteiger partial charge in [-0.3, -0.25) is 19.8 Å². The smallest absolute Gasteiger partial charge is 0.256 e. The highest BCUT2D eigenvalue weighted by Crippen LogP contribution is 2.53. The first-order valence-electron chi connectivity index (χ1n) is 12.0. The number of likely N-dealkylation sites (N-methyl/N-ethyl adjacent to an activating group) is 1. The zero-order chi connectivity index (χ0) is 27.2. The molecule has 38 heavy (non-hydrogen) atoms. The van der Waals surface area contributed by atoms with Crippen molar-refractivity contribution in [3.63, 3.8) is 0 Å². The predicted octanol–water partition coefficient (Wildman–Crippen LogP) is 6.26. The molecule has 3 aromatic rings. The van der Waals surface area contributed by atoms with Crippen molar-refractivity contribution in [2.24, 2.45) is 0 Å². The van der Waals surface area contributed by atoms with E-state index in [0.717, 1.165) is 5.56 Å². The molecule has 3 atom stereocenters. The number of amides is 1. The molecule has 1 amide bonds. The molecule has 11 heteroatoms. The fourth-order valence-corrected chi connectivity index (χ4v) is 6.61. The third-order valence-electron chi connectivity index (χ3n) is 7.19. The zero-order valence-electron chi connectivity index (χ0n) is 20.5. The van der Waals surface area contributed by atoms with Crippen molar-refractivity contribution in [3.05, 3.63) is 95.9 Å². The lowest BCUT2D eigenvalue weighted by molar-refractivity contribution is -0.534.